The number of ether oxygens (including phenoxy) is 1. The van der Waals surface area contributed by atoms with Gasteiger partial charge in [-0.1, -0.05) is 45.8 Å². The zero-order chi connectivity index (χ0) is 13.8. The molecule has 1 N–H and O–H groups in total. The lowest BCUT2D eigenvalue weighted by Gasteiger charge is -2.14. The number of aryl methyl sites for hydroxylation is 1. The van der Waals surface area contributed by atoms with Crippen LogP contribution in [0.25, 0.3) is 0 Å². The summed E-state index contributed by atoms with van der Waals surface area (Å²) in [6.07, 6.45) is 0.0779. The summed E-state index contributed by atoms with van der Waals surface area (Å²) in [4.78, 5) is 0. The summed E-state index contributed by atoms with van der Waals surface area (Å²) in [6.45, 7) is 2.02. The highest BCUT2D eigenvalue weighted by Gasteiger charge is 2.12. The van der Waals surface area contributed by atoms with E-state index in [-0.39, 0.29) is 0 Å². The molecule has 19 heavy (non-hydrogen) atoms. The summed E-state index contributed by atoms with van der Waals surface area (Å²) >= 11 is 3.49. The number of hydrogen-bond donors (Lipinski definition) is 1. The Morgan fingerprint density at radius 1 is 1.16 bits per heavy atom. The summed E-state index contributed by atoms with van der Waals surface area (Å²) in [5.41, 5.74) is 3.16. The summed E-state index contributed by atoms with van der Waals surface area (Å²) in [5.74, 6) is 0.829. The Labute approximate surface area is 122 Å². The number of methoxy groups -OCH3 is 1. The molecule has 2 aromatic carbocycles. The van der Waals surface area contributed by atoms with Crippen molar-refractivity contribution in [1.29, 1.82) is 0 Å². The Morgan fingerprint density at radius 2 is 1.84 bits per heavy atom. The second kappa shape index (κ2) is 6.22. The van der Waals surface area contributed by atoms with Gasteiger partial charge in [0.15, 0.2) is 0 Å². The SMILES string of the molecule is COc1ccc(CC(O)c2cc(C)ccc2Br)cc1. The summed E-state index contributed by atoms with van der Waals surface area (Å²) in [5, 5.41) is 10.3. The highest BCUT2D eigenvalue weighted by molar-refractivity contribution is 9.10. The molecule has 0 aromatic heterocycles. The van der Waals surface area contributed by atoms with Crippen LogP contribution in [0.5, 0.6) is 5.75 Å². The molecule has 0 aliphatic rings. The van der Waals surface area contributed by atoms with Crippen molar-refractivity contribution >= 4 is 15.9 Å². The van der Waals surface area contributed by atoms with Crippen LogP contribution < -0.4 is 4.74 Å². The molecule has 1 unspecified atom stereocenters. The van der Waals surface area contributed by atoms with Gasteiger partial charge in [0, 0.05) is 10.9 Å². The van der Waals surface area contributed by atoms with Gasteiger partial charge in [-0.25, -0.2) is 0 Å². The van der Waals surface area contributed by atoms with Crippen LogP contribution in [0.1, 0.15) is 22.8 Å². The third kappa shape index (κ3) is 3.58. The molecule has 0 radical (unpaired) electrons. The minimum atomic E-state index is -0.511. The topological polar surface area (TPSA) is 29.5 Å². The first kappa shape index (κ1) is 14.1. The van der Waals surface area contributed by atoms with Gasteiger partial charge in [-0.2, -0.15) is 0 Å². The number of benzene rings is 2. The number of halogens is 1. The lowest BCUT2D eigenvalue weighted by Crippen LogP contribution is -2.03. The third-order valence-corrected chi connectivity index (χ3v) is 3.82. The van der Waals surface area contributed by atoms with E-state index in [1.807, 2.05) is 49.4 Å². The molecule has 3 heteroatoms. The number of rotatable bonds is 4. The molecule has 0 aliphatic heterocycles. The number of aliphatic hydroxyl groups excluding tert-OH is 1. The fraction of sp³-hybridized carbons (Fsp3) is 0.250. The van der Waals surface area contributed by atoms with Crippen molar-refractivity contribution in [3.05, 3.63) is 63.6 Å². The molecule has 2 nitrogen and oxygen atoms in total. The average Bonchev–Trinajstić information content (AvgIpc) is 2.42. The van der Waals surface area contributed by atoms with Crippen molar-refractivity contribution in [1.82, 2.24) is 0 Å². The Hall–Kier alpha value is -1.32. The minimum Gasteiger partial charge on any atom is -0.497 e. The monoisotopic (exact) mass is 320 g/mol. The zero-order valence-electron chi connectivity index (χ0n) is 11.1. The Bertz CT molecular complexity index is 549. The molecule has 0 aliphatic carbocycles. The number of aliphatic hydroxyl groups is 1. The van der Waals surface area contributed by atoms with Crippen LogP contribution in [-0.2, 0) is 6.42 Å². The smallest absolute Gasteiger partial charge is 0.118 e. The standard InChI is InChI=1S/C16H17BrO2/c1-11-3-8-15(17)14(9-11)16(18)10-12-4-6-13(19-2)7-5-12/h3-9,16,18H,10H2,1-2H3. The largest absolute Gasteiger partial charge is 0.497 e. The highest BCUT2D eigenvalue weighted by atomic mass is 79.9. The maximum absolute atomic E-state index is 10.3. The van der Waals surface area contributed by atoms with Crippen LogP contribution >= 0.6 is 15.9 Å². The second-order valence-corrected chi connectivity index (χ2v) is 5.45. The summed E-state index contributed by atoms with van der Waals surface area (Å²) in [6, 6.07) is 13.8. The van der Waals surface area contributed by atoms with Gasteiger partial charge in [0.1, 0.15) is 5.75 Å². The second-order valence-electron chi connectivity index (χ2n) is 4.59. The van der Waals surface area contributed by atoms with E-state index in [2.05, 4.69) is 15.9 Å². The Morgan fingerprint density at radius 3 is 2.47 bits per heavy atom. The summed E-state index contributed by atoms with van der Waals surface area (Å²) in [7, 11) is 1.65. The van der Waals surface area contributed by atoms with Crippen molar-refractivity contribution < 1.29 is 9.84 Å². The van der Waals surface area contributed by atoms with Gasteiger partial charge in [-0.05, 0) is 36.2 Å². The van der Waals surface area contributed by atoms with Gasteiger partial charge < -0.3 is 9.84 Å². The minimum absolute atomic E-state index is 0.511. The van der Waals surface area contributed by atoms with E-state index in [4.69, 9.17) is 4.74 Å². The lowest BCUT2D eigenvalue weighted by atomic mass is 10.00. The van der Waals surface area contributed by atoms with Crippen LogP contribution in [0.3, 0.4) is 0 Å². The van der Waals surface area contributed by atoms with Crippen molar-refractivity contribution in [3.8, 4) is 5.75 Å². The quantitative estimate of drug-likeness (QED) is 0.921. The van der Waals surface area contributed by atoms with E-state index in [1.165, 1.54) is 0 Å². The van der Waals surface area contributed by atoms with Gasteiger partial charge >= 0.3 is 0 Å². The van der Waals surface area contributed by atoms with Crippen LogP contribution in [0, 0.1) is 6.92 Å². The van der Waals surface area contributed by atoms with Gasteiger partial charge in [-0.3, -0.25) is 0 Å². The normalized spacial score (nSPS) is 12.2. The van der Waals surface area contributed by atoms with Crippen LogP contribution in [0.15, 0.2) is 46.9 Å². The third-order valence-electron chi connectivity index (χ3n) is 3.10. The van der Waals surface area contributed by atoms with Crippen LogP contribution in [0.2, 0.25) is 0 Å². The highest BCUT2D eigenvalue weighted by Crippen LogP contribution is 2.27. The Kier molecular flexibility index (Phi) is 4.61. The van der Waals surface area contributed by atoms with Crippen molar-refractivity contribution in [2.45, 2.75) is 19.4 Å². The molecule has 0 fully saturated rings. The molecule has 0 spiro atoms. The molecular weight excluding hydrogens is 304 g/mol. The first-order valence-electron chi connectivity index (χ1n) is 6.17. The predicted molar refractivity (Wildman–Crippen MR) is 80.5 cm³/mol. The lowest BCUT2D eigenvalue weighted by molar-refractivity contribution is 0.177. The molecule has 0 saturated carbocycles. The van der Waals surface area contributed by atoms with E-state index in [9.17, 15) is 5.11 Å². The molecule has 0 bridgehead atoms. The molecule has 0 saturated heterocycles. The van der Waals surface area contributed by atoms with E-state index in [0.717, 1.165) is 26.9 Å². The molecule has 0 amide bonds. The van der Waals surface area contributed by atoms with Gasteiger partial charge in [0.05, 0.1) is 13.2 Å². The van der Waals surface area contributed by atoms with Gasteiger partial charge in [0.2, 0.25) is 0 Å². The zero-order valence-corrected chi connectivity index (χ0v) is 12.6. The molecule has 2 aromatic rings. The van der Waals surface area contributed by atoms with Gasteiger partial charge in [0.25, 0.3) is 0 Å². The number of hydrogen-bond acceptors (Lipinski definition) is 2. The molecule has 0 heterocycles. The maximum atomic E-state index is 10.3. The summed E-state index contributed by atoms with van der Waals surface area (Å²) < 4.78 is 6.07. The maximum Gasteiger partial charge on any atom is 0.118 e. The first-order valence-corrected chi connectivity index (χ1v) is 6.96. The molecule has 2 rings (SSSR count). The predicted octanol–water partition coefficient (Wildman–Crippen LogP) is 4.04. The Balaban J connectivity index is 2.15. The first-order chi connectivity index (χ1) is 9.10. The van der Waals surface area contributed by atoms with Crippen molar-refractivity contribution in [2.75, 3.05) is 7.11 Å². The molecule has 100 valence electrons. The fourth-order valence-electron chi connectivity index (χ4n) is 2.01. The van der Waals surface area contributed by atoms with Crippen LogP contribution in [0.4, 0.5) is 0 Å². The fourth-order valence-corrected chi connectivity index (χ4v) is 2.52. The molecular formula is C16H17BrO2. The molecule has 1 atom stereocenters. The van der Waals surface area contributed by atoms with E-state index in [1.54, 1.807) is 7.11 Å². The van der Waals surface area contributed by atoms with Crippen LogP contribution in [-0.4, -0.2) is 12.2 Å². The van der Waals surface area contributed by atoms with Crippen molar-refractivity contribution in [3.63, 3.8) is 0 Å². The average molecular weight is 321 g/mol. The van der Waals surface area contributed by atoms with E-state index in [0.29, 0.717) is 6.42 Å². The van der Waals surface area contributed by atoms with Gasteiger partial charge in [-0.15, -0.1) is 0 Å². The van der Waals surface area contributed by atoms with E-state index >= 15 is 0 Å². The van der Waals surface area contributed by atoms with Crippen molar-refractivity contribution in [2.24, 2.45) is 0 Å². The van der Waals surface area contributed by atoms with E-state index < -0.39 is 6.10 Å².